The molecule has 0 fully saturated rings. The van der Waals surface area contributed by atoms with Crippen LogP contribution in [-0.2, 0) is 4.79 Å². The van der Waals surface area contributed by atoms with E-state index in [1.807, 2.05) is 46.8 Å². The van der Waals surface area contributed by atoms with E-state index >= 15 is 0 Å². The molecule has 0 aliphatic carbocycles. The lowest BCUT2D eigenvalue weighted by Crippen LogP contribution is -2.53. The van der Waals surface area contributed by atoms with Gasteiger partial charge in [-0.2, -0.15) is 0 Å². The molecule has 2 amide bonds. The van der Waals surface area contributed by atoms with E-state index in [2.05, 4.69) is 10.6 Å². The Morgan fingerprint density at radius 2 is 1.80 bits per heavy atom. The summed E-state index contributed by atoms with van der Waals surface area (Å²) in [5, 5.41) is 16.1. The van der Waals surface area contributed by atoms with Crippen LogP contribution >= 0.6 is 0 Å². The largest absolute Gasteiger partial charge is 0.388 e. The fourth-order valence-electron chi connectivity index (χ4n) is 2.57. The summed E-state index contributed by atoms with van der Waals surface area (Å²) < 4.78 is 0. The molecule has 0 aliphatic heterocycles. The highest BCUT2D eigenvalue weighted by Gasteiger charge is 2.30. The molecule has 0 heterocycles. The van der Waals surface area contributed by atoms with Crippen molar-refractivity contribution >= 4 is 11.8 Å². The lowest BCUT2D eigenvalue weighted by molar-refractivity contribution is -0.125. The zero-order valence-corrected chi connectivity index (χ0v) is 16.2. The summed E-state index contributed by atoms with van der Waals surface area (Å²) in [6.45, 7) is 11.5. The topological polar surface area (TPSA) is 78.4 Å². The van der Waals surface area contributed by atoms with Gasteiger partial charge in [-0.25, -0.2) is 0 Å². The monoisotopic (exact) mass is 348 g/mol. The number of rotatable bonds is 8. The van der Waals surface area contributed by atoms with Crippen LogP contribution in [0.25, 0.3) is 0 Å². The molecule has 3 atom stereocenters. The third kappa shape index (κ3) is 5.85. The summed E-state index contributed by atoms with van der Waals surface area (Å²) in [5.74, 6) is -0.547. The zero-order valence-electron chi connectivity index (χ0n) is 16.2. The molecule has 25 heavy (non-hydrogen) atoms. The fourth-order valence-corrected chi connectivity index (χ4v) is 2.57. The first-order chi connectivity index (χ1) is 11.6. The third-order valence-corrected chi connectivity index (χ3v) is 4.92. The van der Waals surface area contributed by atoms with Crippen molar-refractivity contribution in [2.24, 2.45) is 11.8 Å². The number of carbonyl (C=O) groups is 2. The van der Waals surface area contributed by atoms with Crippen LogP contribution in [0, 0.1) is 18.8 Å². The maximum absolute atomic E-state index is 12.6. The fraction of sp³-hybridized carbons (Fsp3) is 0.600. The van der Waals surface area contributed by atoms with Crippen molar-refractivity contribution < 1.29 is 14.7 Å². The molecule has 0 saturated carbocycles. The second kappa shape index (κ2) is 8.99. The van der Waals surface area contributed by atoms with E-state index in [9.17, 15) is 14.7 Å². The lowest BCUT2D eigenvalue weighted by Gasteiger charge is -2.31. The molecule has 0 bridgehead atoms. The second-order valence-electron chi connectivity index (χ2n) is 7.39. The molecule has 3 N–H and O–H groups in total. The van der Waals surface area contributed by atoms with Crippen LogP contribution in [0.3, 0.4) is 0 Å². The normalized spacial score (nSPS) is 16.0. The number of hydrogen-bond donors (Lipinski definition) is 3. The van der Waals surface area contributed by atoms with Crippen LogP contribution in [0.1, 0.15) is 57.0 Å². The minimum absolute atomic E-state index is 0.0619. The highest BCUT2D eigenvalue weighted by Crippen LogP contribution is 2.19. The predicted octanol–water partition coefficient (Wildman–Crippen LogP) is 2.66. The Kier molecular flexibility index (Phi) is 7.61. The number of aryl methyl sites for hydroxylation is 1. The predicted molar refractivity (Wildman–Crippen MR) is 100 cm³/mol. The third-order valence-electron chi connectivity index (χ3n) is 4.92. The van der Waals surface area contributed by atoms with E-state index in [1.54, 1.807) is 19.1 Å². The summed E-state index contributed by atoms with van der Waals surface area (Å²) >= 11 is 0. The van der Waals surface area contributed by atoms with E-state index in [0.717, 1.165) is 12.0 Å². The summed E-state index contributed by atoms with van der Waals surface area (Å²) in [5.41, 5.74) is 0.446. The molecule has 0 saturated heterocycles. The molecular formula is C20H32N2O3. The zero-order chi connectivity index (χ0) is 19.2. The van der Waals surface area contributed by atoms with Gasteiger partial charge in [-0.05, 0) is 37.3 Å². The van der Waals surface area contributed by atoms with Gasteiger partial charge in [0.1, 0.15) is 6.04 Å². The van der Waals surface area contributed by atoms with Crippen LogP contribution in [-0.4, -0.2) is 35.1 Å². The van der Waals surface area contributed by atoms with Gasteiger partial charge in [0.05, 0.1) is 5.60 Å². The first-order valence-electron chi connectivity index (χ1n) is 8.96. The van der Waals surface area contributed by atoms with Crippen molar-refractivity contribution in [2.75, 3.05) is 6.54 Å². The number of carbonyl (C=O) groups excluding carboxylic acids is 2. The maximum atomic E-state index is 12.6. The molecule has 140 valence electrons. The highest BCUT2D eigenvalue weighted by atomic mass is 16.3. The van der Waals surface area contributed by atoms with Gasteiger partial charge in [0, 0.05) is 12.1 Å². The SMILES string of the molecule is CCC(C)C(C)(O)CNC(=O)C(NC(=O)c1ccccc1C)C(C)C. The van der Waals surface area contributed by atoms with Crippen LogP contribution in [0.4, 0.5) is 0 Å². The second-order valence-corrected chi connectivity index (χ2v) is 7.39. The summed E-state index contributed by atoms with van der Waals surface area (Å²) in [4.78, 5) is 25.1. The summed E-state index contributed by atoms with van der Waals surface area (Å²) in [6, 6.07) is 6.63. The Hall–Kier alpha value is -1.88. The first-order valence-corrected chi connectivity index (χ1v) is 8.96. The molecule has 0 spiro atoms. The minimum atomic E-state index is -0.980. The van der Waals surface area contributed by atoms with Crippen LogP contribution in [0.15, 0.2) is 24.3 Å². The van der Waals surface area contributed by atoms with Crippen molar-refractivity contribution in [3.8, 4) is 0 Å². The number of nitrogens with one attached hydrogen (secondary N) is 2. The Morgan fingerprint density at radius 1 is 1.20 bits per heavy atom. The smallest absolute Gasteiger partial charge is 0.252 e. The number of hydrogen-bond acceptors (Lipinski definition) is 3. The minimum Gasteiger partial charge on any atom is -0.388 e. The Balaban J connectivity index is 2.78. The average Bonchev–Trinajstić information content (AvgIpc) is 2.56. The molecule has 3 unspecified atom stereocenters. The van der Waals surface area contributed by atoms with Gasteiger partial charge < -0.3 is 15.7 Å². The Labute approximate surface area is 151 Å². The van der Waals surface area contributed by atoms with Gasteiger partial charge in [-0.1, -0.05) is 52.3 Å². The molecule has 0 aliphatic rings. The van der Waals surface area contributed by atoms with Crippen molar-refractivity contribution in [2.45, 2.75) is 59.6 Å². The van der Waals surface area contributed by atoms with E-state index in [-0.39, 0.29) is 30.2 Å². The summed E-state index contributed by atoms with van der Waals surface area (Å²) in [6.07, 6.45) is 0.820. The van der Waals surface area contributed by atoms with Gasteiger partial charge in [-0.15, -0.1) is 0 Å². The van der Waals surface area contributed by atoms with Crippen LogP contribution in [0.5, 0.6) is 0 Å². The Bertz CT molecular complexity index is 596. The van der Waals surface area contributed by atoms with E-state index in [4.69, 9.17) is 0 Å². The lowest BCUT2D eigenvalue weighted by atomic mass is 9.88. The van der Waals surface area contributed by atoms with Crippen molar-refractivity contribution in [1.82, 2.24) is 10.6 Å². The van der Waals surface area contributed by atoms with Crippen molar-refractivity contribution in [3.05, 3.63) is 35.4 Å². The molecule has 5 heteroatoms. The van der Waals surface area contributed by atoms with E-state index in [0.29, 0.717) is 5.56 Å². The molecule has 1 aromatic rings. The quantitative estimate of drug-likeness (QED) is 0.676. The van der Waals surface area contributed by atoms with Crippen LogP contribution < -0.4 is 10.6 Å². The van der Waals surface area contributed by atoms with Crippen LogP contribution in [0.2, 0.25) is 0 Å². The Morgan fingerprint density at radius 3 is 2.32 bits per heavy atom. The van der Waals surface area contributed by atoms with Gasteiger partial charge in [0.2, 0.25) is 5.91 Å². The molecular weight excluding hydrogens is 316 g/mol. The molecule has 0 aromatic heterocycles. The van der Waals surface area contributed by atoms with E-state index < -0.39 is 11.6 Å². The number of aliphatic hydroxyl groups is 1. The average molecular weight is 348 g/mol. The standard InChI is InChI=1S/C20H32N2O3/c1-7-15(5)20(6,25)12-21-19(24)17(13(2)3)22-18(23)16-11-9-8-10-14(16)4/h8-11,13,15,17,25H,7,12H2,1-6H3,(H,21,24)(H,22,23). The molecule has 5 nitrogen and oxygen atoms in total. The summed E-state index contributed by atoms with van der Waals surface area (Å²) in [7, 11) is 0. The molecule has 1 rings (SSSR count). The molecule has 0 radical (unpaired) electrons. The number of amides is 2. The van der Waals surface area contributed by atoms with Gasteiger partial charge in [0.25, 0.3) is 5.91 Å². The highest BCUT2D eigenvalue weighted by molar-refractivity contribution is 5.98. The van der Waals surface area contributed by atoms with Gasteiger partial charge >= 0.3 is 0 Å². The first kappa shape index (κ1) is 21.2. The van der Waals surface area contributed by atoms with Gasteiger partial charge in [0.15, 0.2) is 0 Å². The van der Waals surface area contributed by atoms with Crippen molar-refractivity contribution in [3.63, 3.8) is 0 Å². The van der Waals surface area contributed by atoms with Crippen molar-refractivity contribution in [1.29, 1.82) is 0 Å². The van der Waals surface area contributed by atoms with E-state index in [1.165, 1.54) is 0 Å². The number of benzene rings is 1. The van der Waals surface area contributed by atoms with Gasteiger partial charge in [-0.3, -0.25) is 9.59 Å². The molecule has 1 aromatic carbocycles. The maximum Gasteiger partial charge on any atom is 0.252 e.